The zero-order valence-corrected chi connectivity index (χ0v) is 16.2. The quantitative estimate of drug-likeness (QED) is 0.805. The number of ether oxygens (including phenoxy) is 1. The van der Waals surface area contributed by atoms with Crippen LogP contribution in [0.15, 0.2) is 53.4 Å². The van der Waals surface area contributed by atoms with Gasteiger partial charge in [-0.1, -0.05) is 36.4 Å². The number of benzene rings is 2. The molecule has 0 bridgehead atoms. The van der Waals surface area contributed by atoms with Crippen LogP contribution in [-0.2, 0) is 21.4 Å². The fraction of sp³-hybridized carbons (Fsp3) is 0.316. The minimum atomic E-state index is -3.90. The maximum Gasteiger partial charge on any atom is 0.244 e. The molecule has 2 aromatic rings. The molecule has 0 saturated heterocycles. The average Bonchev–Trinajstić information content (AvgIpc) is 2.61. The number of likely N-dealkylation sites (N-methyl/N-ethyl adjacent to an activating group) is 1. The standard InChI is InChI=1S/C19H24N2O4S/c1-14-10-11-17(25-4)18(12-14)26(23,24)20-15(2)19(22)21(3)13-16-8-6-5-7-9-16/h5-12,15,20H,13H2,1-4H3/t15-/m1/s1. The van der Waals surface area contributed by atoms with E-state index in [0.717, 1.165) is 11.1 Å². The molecule has 0 heterocycles. The minimum absolute atomic E-state index is 0.0189. The van der Waals surface area contributed by atoms with Crippen molar-refractivity contribution in [2.24, 2.45) is 0 Å². The van der Waals surface area contributed by atoms with Crippen molar-refractivity contribution < 1.29 is 17.9 Å². The third-order valence-corrected chi connectivity index (χ3v) is 5.51. The number of aryl methyl sites for hydroxylation is 1. The normalized spacial score (nSPS) is 12.5. The lowest BCUT2D eigenvalue weighted by atomic mass is 10.2. The van der Waals surface area contributed by atoms with Crippen molar-refractivity contribution in [2.45, 2.75) is 31.3 Å². The third-order valence-electron chi connectivity index (χ3n) is 3.95. The van der Waals surface area contributed by atoms with Gasteiger partial charge >= 0.3 is 0 Å². The Kier molecular flexibility index (Phi) is 6.39. The largest absolute Gasteiger partial charge is 0.495 e. The van der Waals surface area contributed by atoms with Gasteiger partial charge in [-0.25, -0.2) is 8.42 Å². The highest BCUT2D eigenvalue weighted by molar-refractivity contribution is 7.89. The van der Waals surface area contributed by atoms with Gasteiger partial charge in [0.2, 0.25) is 15.9 Å². The van der Waals surface area contributed by atoms with E-state index in [1.807, 2.05) is 30.3 Å². The van der Waals surface area contributed by atoms with E-state index >= 15 is 0 Å². The van der Waals surface area contributed by atoms with Crippen molar-refractivity contribution in [2.75, 3.05) is 14.2 Å². The summed E-state index contributed by atoms with van der Waals surface area (Å²) in [5.41, 5.74) is 1.75. The van der Waals surface area contributed by atoms with Crippen molar-refractivity contribution in [3.8, 4) is 5.75 Å². The predicted molar refractivity (Wildman–Crippen MR) is 100 cm³/mol. The zero-order chi connectivity index (χ0) is 19.3. The van der Waals surface area contributed by atoms with Gasteiger partial charge in [0, 0.05) is 13.6 Å². The molecule has 1 atom stereocenters. The summed E-state index contributed by atoms with van der Waals surface area (Å²) >= 11 is 0. The summed E-state index contributed by atoms with van der Waals surface area (Å²) in [5, 5.41) is 0. The van der Waals surface area contributed by atoms with Gasteiger partial charge in [-0.15, -0.1) is 0 Å². The van der Waals surface area contributed by atoms with Gasteiger partial charge in [0.25, 0.3) is 0 Å². The molecule has 26 heavy (non-hydrogen) atoms. The Bertz CT molecular complexity index is 866. The molecule has 6 nitrogen and oxygen atoms in total. The number of hydrogen-bond donors (Lipinski definition) is 1. The fourth-order valence-corrected chi connectivity index (χ4v) is 4.06. The molecule has 2 rings (SSSR count). The Morgan fingerprint density at radius 2 is 1.85 bits per heavy atom. The van der Waals surface area contributed by atoms with Crippen molar-refractivity contribution in [3.05, 3.63) is 59.7 Å². The van der Waals surface area contributed by atoms with Gasteiger partial charge in [-0.3, -0.25) is 4.79 Å². The van der Waals surface area contributed by atoms with Crippen molar-refractivity contribution in [1.82, 2.24) is 9.62 Å². The summed E-state index contributed by atoms with van der Waals surface area (Å²) in [6, 6.07) is 13.5. The lowest BCUT2D eigenvalue weighted by molar-refractivity contribution is -0.131. The van der Waals surface area contributed by atoms with Crippen LogP contribution in [0.1, 0.15) is 18.1 Å². The Morgan fingerprint density at radius 3 is 2.46 bits per heavy atom. The Morgan fingerprint density at radius 1 is 1.19 bits per heavy atom. The number of nitrogens with zero attached hydrogens (tertiary/aromatic N) is 1. The summed E-state index contributed by atoms with van der Waals surface area (Å²) in [7, 11) is -0.844. The lowest BCUT2D eigenvalue weighted by Crippen LogP contribution is -2.45. The van der Waals surface area contributed by atoms with E-state index in [4.69, 9.17) is 4.74 Å². The van der Waals surface area contributed by atoms with Gasteiger partial charge in [-0.2, -0.15) is 4.72 Å². The van der Waals surface area contributed by atoms with Crippen LogP contribution in [0.2, 0.25) is 0 Å². The van der Waals surface area contributed by atoms with E-state index in [1.165, 1.54) is 25.0 Å². The van der Waals surface area contributed by atoms with E-state index in [0.29, 0.717) is 6.54 Å². The highest BCUT2D eigenvalue weighted by atomic mass is 32.2. The first-order valence-corrected chi connectivity index (χ1v) is 9.69. The second kappa shape index (κ2) is 8.33. The van der Waals surface area contributed by atoms with Gasteiger partial charge in [0.05, 0.1) is 13.2 Å². The monoisotopic (exact) mass is 376 g/mol. The number of nitrogens with one attached hydrogen (secondary N) is 1. The van der Waals surface area contributed by atoms with Crippen LogP contribution < -0.4 is 9.46 Å². The van der Waals surface area contributed by atoms with Gasteiger partial charge in [0.15, 0.2) is 0 Å². The van der Waals surface area contributed by atoms with Crippen molar-refractivity contribution in [1.29, 1.82) is 0 Å². The number of amides is 1. The molecule has 0 aliphatic carbocycles. The molecule has 0 fully saturated rings. The maximum atomic E-state index is 12.7. The molecule has 2 aromatic carbocycles. The van der Waals surface area contributed by atoms with Crippen LogP contribution in [0, 0.1) is 6.92 Å². The second-order valence-corrected chi connectivity index (χ2v) is 7.86. The molecule has 0 aromatic heterocycles. The Labute approximate surface area is 154 Å². The van der Waals surface area contributed by atoms with E-state index < -0.39 is 16.1 Å². The molecule has 0 aliphatic heterocycles. The topological polar surface area (TPSA) is 75.7 Å². The molecule has 0 saturated carbocycles. The molecule has 7 heteroatoms. The van der Waals surface area contributed by atoms with Gasteiger partial charge < -0.3 is 9.64 Å². The van der Waals surface area contributed by atoms with Crippen LogP contribution in [-0.4, -0.2) is 39.4 Å². The van der Waals surface area contributed by atoms with Crippen LogP contribution in [0.4, 0.5) is 0 Å². The summed E-state index contributed by atoms with van der Waals surface area (Å²) in [6.07, 6.45) is 0. The van der Waals surface area contributed by atoms with Gasteiger partial charge in [0.1, 0.15) is 10.6 Å². The smallest absolute Gasteiger partial charge is 0.244 e. The number of sulfonamides is 1. The number of rotatable bonds is 7. The van der Waals surface area contributed by atoms with E-state index in [9.17, 15) is 13.2 Å². The highest BCUT2D eigenvalue weighted by Gasteiger charge is 2.26. The van der Waals surface area contributed by atoms with Crippen molar-refractivity contribution >= 4 is 15.9 Å². The second-order valence-electron chi connectivity index (χ2n) is 6.18. The lowest BCUT2D eigenvalue weighted by Gasteiger charge is -2.22. The molecule has 0 aliphatic rings. The molecule has 140 valence electrons. The van der Waals surface area contributed by atoms with E-state index in [2.05, 4.69) is 4.72 Å². The molecule has 0 spiro atoms. The van der Waals surface area contributed by atoms with Crippen LogP contribution >= 0.6 is 0 Å². The number of methoxy groups -OCH3 is 1. The zero-order valence-electron chi connectivity index (χ0n) is 15.4. The molecule has 0 radical (unpaired) electrons. The molecular weight excluding hydrogens is 352 g/mol. The molecule has 0 unspecified atom stereocenters. The predicted octanol–water partition coefficient (Wildman–Crippen LogP) is 2.33. The summed E-state index contributed by atoms with van der Waals surface area (Å²) in [4.78, 5) is 14.1. The Hall–Kier alpha value is -2.38. The maximum absolute atomic E-state index is 12.7. The third kappa shape index (κ3) is 4.83. The first-order chi connectivity index (χ1) is 12.2. The van der Waals surface area contributed by atoms with Crippen LogP contribution in [0.5, 0.6) is 5.75 Å². The van der Waals surface area contributed by atoms with Crippen molar-refractivity contribution in [3.63, 3.8) is 0 Å². The number of carbonyl (C=O) groups is 1. The number of hydrogen-bond acceptors (Lipinski definition) is 4. The van der Waals surface area contributed by atoms with Gasteiger partial charge in [-0.05, 0) is 37.1 Å². The fourth-order valence-electron chi connectivity index (χ4n) is 2.61. The molecular formula is C19H24N2O4S. The minimum Gasteiger partial charge on any atom is -0.495 e. The van der Waals surface area contributed by atoms with Crippen LogP contribution in [0.3, 0.4) is 0 Å². The highest BCUT2D eigenvalue weighted by Crippen LogP contribution is 2.24. The first kappa shape index (κ1) is 19.9. The number of carbonyl (C=O) groups excluding carboxylic acids is 1. The van der Waals surface area contributed by atoms with E-state index in [1.54, 1.807) is 26.1 Å². The summed E-state index contributed by atoms with van der Waals surface area (Å²) in [5.74, 6) is -0.0792. The SMILES string of the molecule is COc1ccc(C)cc1S(=O)(=O)N[C@H](C)C(=O)N(C)Cc1ccccc1. The summed E-state index contributed by atoms with van der Waals surface area (Å²) < 4.78 is 33.0. The average molecular weight is 376 g/mol. The first-order valence-electron chi connectivity index (χ1n) is 8.20. The van der Waals surface area contributed by atoms with E-state index in [-0.39, 0.29) is 16.6 Å². The van der Waals surface area contributed by atoms with Crippen LogP contribution in [0.25, 0.3) is 0 Å². The molecule has 1 amide bonds. The Balaban J connectivity index is 2.13. The molecule has 1 N–H and O–H groups in total. The summed E-state index contributed by atoms with van der Waals surface area (Å²) in [6.45, 7) is 3.73.